The maximum Gasteiger partial charge on any atom is 0.306 e. The predicted octanol–water partition coefficient (Wildman–Crippen LogP) is 8.74. The van der Waals surface area contributed by atoms with Crippen molar-refractivity contribution in [3.63, 3.8) is 0 Å². The highest BCUT2D eigenvalue weighted by Gasteiger charge is 2.08. The van der Waals surface area contributed by atoms with E-state index in [0.717, 1.165) is 31.0 Å². The molecule has 162 valence electrons. The lowest BCUT2D eigenvalue weighted by molar-refractivity contribution is -0.148. The Balaban J connectivity index is 3.23. The number of carbonyl (C=O) groups is 1. The molecule has 0 spiro atoms. The fraction of sp³-hybridized carbons (Fsp3) is 0.958. The van der Waals surface area contributed by atoms with E-state index < -0.39 is 0 Å². The molecule has 0 N–H and O–H groups in total. The molecule has 2 nitrogen and oxygen atoms in total. The Bertz CT molecular complexity index is 307. The van der Waals surface area contributed by atoms with Gasteiger partial charge in [-0.2, -0.15) is 0 Å². The Morgan fingerprint density at radius 3 is 1.63 bits per heavy atom. The van der Waals surface area contributed by atoms with Gasteiger partial charge in [-0.05, 0) is 32.6 Å². The topological polar surface area (TPSA) is 26.3 Å². The average Bonchev–Trinajstić information content (AvgIpc) is 2.65. The van der Waals surface area contributed by atoms with E-state index in [-0.39, 0.29) is 12.1 Å². The van der Waals surface area contributed by atoms with Crippen LogP contribution in [0.15, 0.2) is 0 Å². The molecule has 1 atom stereocenters. The van der Waals surface area contributed by atoms with Gasteiger partial charge < -0.3 is 4.74 Å². The molecular formula is C24H47BrO2. The minimum absolute atomic E-state index is 0.0116. The SMILES string of the molecule is CCCCCCCCCCCCCCCCC(C)OC(=O)CCCCCBr. The second kappa shape index (κ2) is 22.2. The van der Waals surface area contributed by atoms with Crippen LogP contribution in [0.1, 0.15) is 136 Å². The molecule has 27 heavy (non-hydrogen) atoms. The van der Waals surface area contributed by atoms with Crippen molar-refractivity contribution in [3.8, 4) is 0 Å². The second-order valence-electron chi connectivity index (χ2n) is 8.18. The molecule has 0 saturated heterocycles. The first-order chi connectivity index (χ1) is 13.2. The van der Waals surface area contributed by atoms with Gasteiger partial charge in [0.2, 0.25) is 0 Å². The molecule has 0 aromatic heterocycles. The van der Waals surface area contributed by atoms with E-state index >= 15 is 0 Å². The van der Waals surface area contributed by atoms with E-state index in [1.165, 1.54) is 89.9 Å². The van der Waals surface area contributed by atoms with Crippen molar-refractivity contribution >= 4 is 21.9 Å². The van der Waals surface area contributed by atoms with Gasteiger partial charge in [-0.3, -0.25) is 4.79 Å². The highest BCUT2D eigenvalue weighted by atomic mass is 79.9. The maximum absolute atomic E-state index is 11.7. The first-order valence-electron chi connectivity index (χ1n) is 12.0. The van der Waals surface area contributed by atoms with E-state index in [1.807, 2.05) is 6.92 Å². The summed E-state index contributed by atoms with van der Waals surface area (Å²) in [4.78, 5) is 11.7. The number of ether oxygens (including phenoxy) is 1. The van der Waals surface area contributed by atoms with Gasteiger partial charge in [-0.15, -0.1) is 0 Å². The third kappa shape index (κ3) is 22.1. The first-order valence-corrected chi connectivity index (χ1v) is 13.1. The third-order valence-corrected chi connectivity index (χ3v) is 5.87. The number of hydrogen-bond acceptors (Lipinski definition) is 2. The molecule has 0 aromatic carbocycles. The zero-order valence-electron chi connectivity index (χ0n) is 18.4. The Morgan fingerprint density at radius 1 is 0.704 bits per heavy atom. The molecule has 0 aliphatic rings. The molecule has 0 heterocycles. The van der Waals surface area contributed by atoms with Gasteiger partial charge in [0.05, 0.1) is 6.10 Å². The van der Waals surface area contributed by atoms with Gasteiger partial charge in [-0.25, -0.2) is 0 Å². The van der Waals surface area contributed by atoms with Crippen LogP contribution in [-0.2, 0) is 9.53 Å². The van der Waals surface area contributed by atoms with Gasteiger partial charge >= 0.3 is 5.97 Å². The van der Waals surface area contributed by atoms with Gasteiger partial charge in [0.1, 0.15) is 0 Å². The molecule has 1 unspecified atom stereocenters. The standard InChI is InChI=1S/C24H47BrO2/c1-3-4-5-6-7-8-9-10-11-12-13-14-15-17-20-23(2)27-24(26)21-18-16-19-22-25/h23H,3-22H2,1-2H3. The quantitative estimate of drug-likeness (QED) is 0.0999. The van der Waals surface area contributed by atoms with E-state index in [0.29, 0.717) is 6.42 Å². The number of halogens is 1. The zero-order valence-corrected chi connectivity index (χ0v) is 20.0. The Labute approximate surface area is 178 Å². The van der Waals surface area contributed by atoms with Gasteiger partial charge in [0.25, 0.3) is 0 Å². The maximum atomic E-state index is 11.7. The van der Waals surface area contributed by atoms with Crippen LogP contribution in [0.4, 0.5) is 0 Å². The van der Waals surface area contributed by atoms with Crippen LogP contribution >= 0.6 is 15.9 Å². The summed E-state index contributed by atoms with van der Waals surface area (Å²) in [6.45, 7) is 4.32. The summed E-state index contributed by atoms with van der Waals surface area (Å²) in [6.07, 6.45) is 24.3. The number of hydrogen-bond donors (Lipinski definition) is 0. The molecule has 0 saturated carbocycles. The lowest BCUT2D eigenvalue weighted by Crippen LogP contribution is -2.14. The van der Waals surface area contributed by atoms with Crippen molar-refractivity contribution in [3.05, 3.63) is 0 Å². The Kier molecular flexibility index (Phi) is 22.2. The third-order valence-electron chi connectivity index (χ3n) is 5.31. The van der Waals surface area contributed by atoms with E-state index in [4.69, 9.17) is 4.74 Å². The van der Waals surface area contributed by atoms with Crippen LogP contribution in [0.2, 0.25) is 0 Å². The molecule has 0 rings (SSSR count). The largest absolute Gasteiger partial charge is 0.463 e. The van der Waals surface area contributed by atoms with Crippen LogP contribution < -0.4 is 0 Å². The Morgan fingerprint density at radius 2 is 1.15 bits per heavy atom. The van der Waals surface area contributed by atoms with E-state index in [9.17, 15) is 4.79 Å². The number of alkyl halides is 1. The van der Waals surface area contributed by atoms with Crippen molar-refractivity contribution in [1.82, 2.24) is 0 Å². The lowest BCUT2D eigenvalue weighted by Gasteiger charge is -2.13. The normalized spacial score (nSPS) is 12.3. The summed E-state index contributed by atoms with van der Waals surface area (Å²) in [5.41, 5.74) is 0. The van der Waals surface area contributed by atoms with E-state index in [1.54, 1.807) is 0 Å². The number of unbranched alkanes of at least 4 members (excludes halogenated alkanes) is 15. The molecule has 0 aromatic rings. The smallest absolute Gasteiger partial charge is 0.306 e. The highest BCUT2D eigenvalue weighted by Crippen LogP contribution is 2.14. The van der Waals surface area contributed by atoms with E-state index in [2.05, 4.69) is 22.9 Å². The zero-order chi connectivity index (χ0) is 20.0. The number of carbonyl (C=O) groups excluding carboxylic acids is 1. The summed E-state index contributed by atoms with van der Waals surface area (Å²) < 4.78 is 5.49. The van der Waals surface area contributed by atoms with Crippen LogP contribution in [0, 0.1) is 0 Å². The highest BCUT2D eigenvalue weighted by molar-refractivity contribution is 9.09. The molecule has 0 bridgehead atoms. The summed E-state index contributed by atoms with van der Waals surface area (Å²) in [5, 5.41) is 1.03. The fourth-order valence-electron chi connectivity index (χ4n) is 3.51. The molecule has 3 heteroatoms. The van der Waals surface area contributed by atoms with Gasteiger partial charge in [-0.1, -0.05) is 113 Å². The van der Waals surface area contributed by atoms with Gasteiger partial charge in [0.15, 0.2) is 0 Å². The molecular weight excluding hydrogens is 400 g/mol. The average molecular weight is 448 g/mol. The predicted molar refractivity (Wildman–Crippen MR) is 123 cm³/mol. The van der Waals surface area contributed by atoms with Crippen molar-refractivity contribution in [1.29, 1.82) is 0 Å². The monoisotopic (exact) mass is 446 g/mol. The first kappa shape index (κ1) is 27.0. The fourth-order valence-corrected chi connectivity index (χ4v) is 3.91. The molecule has 0 amide bonds. The summed E-state index contributed by atoms with van der Waals surface area (Å²) in [5.74, 6) is -0.0116. The minimum Gasteiger partial charge on any atom is -0.463 e. The van der Waals surface area contributed by atoms with Crippen molar-refractivity contribution < 1.29 is 9.53 Å². The van der Waals surface area contributed by atoms with Crippen molar-refractivity contribution in [2.45, 2.75) is 142 Å². The Hall–Kier alpha value is -0.0500. The van der Waals surface area contributed by atoms with Crippen LogP contribution in [-0.4, -0.2) is 17.4 Å². The van der Waals surface area contributed by atoms with Crippen LogP contribution in [0.3, 0.4) is 0 Å². The summed E-state index contributed by atoms with van der Waals surface area (Å²) in [7, 11) is 0. The number of rotatable bonds is 21. The van der Waals surface area contributed by atoms with Crippen molar-refractivity contribution in [2.75, 3.05) is 5.33 Å². The number of esters is 1. The summed E-state index contributed by atoms with van der Waals surface area (Å²) >= 11 is 3.41. The molecule has 0 fully saturated rings. The summed E-state index contributed by atoms with van der Waals surface area (Å²) in [6, 6.07) is 0. The molecule has 0 radical (unpaired) electrons. The minimum atomic E-state index is -0.0116. The molecule has 0 aliphatic heterocycles. The lowest BCUT2D eigenvalue weighted by atomic mass is 10.0. The second-order valence-corrected chi connectivity index (χ2v) is 8.98. The molecule has 0 aliphatic carbocycles. The van der Waals surface area contributed by atoms with Crippen molar-refractivity contribution in [2.24, 2.45) is 0 Å². The van der Waals surface area contributed by atoms with Gasteiger partial charge in [0, 0.05) is 11.8 Å². The van der Waals surface area contributed by atoms with Crippen LogP contribution in [0.5, 0.6) is 0 Å². The van der Waals surface area contributed by atoms with Crippen LogP contribution in [0.25, 0.3) is 0 Å².